The molecule has 0 aliphatic rings. The SMILES string of the molecule is CC(C)(C)C(C)(O[SiH3])C(C)(C)C. The van der Waals surface area contributed by atoms with Crippen LogP contribution in [0, 0.1) is 10.8 Å². The molecule has 1 nitrogen and oxygen atoms in total. The van der Waals surface area contributed by atoms with E-state index in [0.29, 0.717) is 0 Å². The number of hydrogen-bond donors (Lipinski definition) is 0. The Morgan fingerprint density at radius 1 is 0.750 bits per heavy atom. The van der Waals surface area contributed by atoms with Crippen LogP contribution < -0.4 is 0 Å². The largest absolute Gasteiger partial charge is 0.422 e. The van der Waals surface area contributed by atoms with Crippen LogP contribution in [0.15, 0.2) is 0 Å². The summed E-state index contributed by atoms with van der Waals surface area (Å²) in [4.78, 5) is 0. The van der Waals surface area contributed by atoms with Gasteiger partial charge in [0.25, 0.3) is 0 Å². The Morgan fingerprint density at radius 3 is 1.00 bits per heavy atom. The lowest BCUT2D eigenvalue weighted by Crippen LogP contribution is -2.52. The van der Waals surface area contributed by atoms with Gasteiger partial charge in [0.2, 0.25) is 0 Å². The third-order valence-corrected chi connectivity index (χ3v) is 4.09. The summed E-state index contributed by atoms with van der Waals surface area (Å²) in [5, 5.41) is 0. The van der Waals surface area contributed by atoms with E-state index in [-0.39, 0.29) is 16.4 Å². The zero-order valence-corrected chi connectivity index (χ0v) is 11.9. The minimum absolute atomic E-state index is 0.0216. The van der Waals surface area contributed by atoms with E-state index in [9.17, 15) is 0 Å². The van der Waals surface area contributed by atoms with Crippen molar-refractivity contribution < 1.29 is 4.43 Å². The zero-order chi connectivity index (χ0) is 10.2. The monoisotopic (exact) mass is 188 g/mol. The normalized spacial score (nSPS) is 15.2. The summed E-state index contributed by atoms with van der Waals surface area (Å²) < 4.78 is 5.81. The first-order valence-corrected chi connectivity index (χ1v) is 5.43. The second-order valence-corrected chi connectivity index (χ2v) is 6.15. The molecule has 2 heteroatoms. The molecule has 0 radical (unpaired) electrons. The van der Waals surface area contributed by atoms with Gasteiger partial charge in [-0.25, -0.2) is 0 Å². The van der Waals surface area contributed by atoms with Gasteiger partial charge < -0.3 is 4.43 Å². The predicted molar refractivity (Wildman–Crippen MR) is 58.3 cm³/mol. The summed E-state index contributed by atoms with van der Waals surface area (Å²) in [6, 6.07) is 0. The van der Waals surface area contributed by atoms with E-state index in [1.165, 1.54) is 0 Å². The fraction of sp³-hybridized carbons (Fsp3) is 1.00. The maximum Gasteiger partial charge on any atom is 0.146 e. The van der Waals surface area contributed by atoms with Gasteiger partial charge in [-0.05, 0) is 17.8 Å². The van der Waals surface area contributed by atoms with Crippen molar-refractivity contribution in [3.63, 3.8) is 0 Å². The molecular formula is C10H24OSi. The molecule has 0 fully saturated rings. The predicted octanol–water partition coefficient (Wildman–Crippen LogP) is 2.13. The van der Waals surface area contributed by atoms with E-state index in [2.05, 4.69) is 48.5 Å². The minimum atomic E-state index is -0.0216. The first-order valence-electron chi connectivity index (χ1n) is 4.61. The second kappa shape index (κ2) is 3.15. The molecule has 0 aliphatic carbocycles. The van der Waals surface area contributed by atoms with Gasteiger partial charge in [0.1, 0.15) is 10.5 Å². The van der Waals surface area contributed by atoms with E-state index in [1.807, 2.05) is 0 Å². The van der Waals surface area contributed by atoms with Crippen molar-refractivity contribution in [2.75, 3.05) is 0 Å². The summed E-state index contributed by atoms with van der Waals surface area (Å²) in [7, 11) is 0.808. The highest BCUT2D eigenvalue weighted by molar-refractivity contribution is 5.98. The van der Waals surface area contributed by atoms with Crippen molar-refractivity contribution in [3.05, 3.63) is 0 Å². The fourth-order valence-corrected chi connectivity index (χ4v) is 2.96. The Hall–Kier alpha value is 0.177. The van der Waals surface area contributed by atoms with Crippen LogP contribution >= 0.6 is 0 Å². The molecule has 0 aromatic heterocycles. The molecule has 0 aliphatic heterocycles. The molecule has 74 valence electrons. The Labute approximate surface area is 80.4 Å². The minimum Gasteiger partial charge on any atom is -0.422 e. The third kappa shape index (κ3) is 1.91. The fourth-order valence-electron chi connectivity index (χ4n) is 1.74. The molecule has 0 aromatic rings. The molecule has 0 saturated carbocycles. The van der Waals surface area contributed by atoms with Crippen LogP contribution in [0.3, 0.4) is 0 Å². The standard InChI is InChI=1S/C10H24OSi/c1-8(2,3)10(7,11-12)9(4,5)6/h1-7,12H3. The van der Waals surface area contributed by atoms with Gasteiger partial charge in [-0.3, -0.25) is 0 Å². The highest BCUT2D eigenvalue weighted by Gasteiger charge is 2.46. The molecule has 0 rings (SSSR count). The number of hydrogen-bond acceptors (Lipinski definition) is 1. The first kappa shape index (κ1) is 12.2. The van der Waals surface area contributed by atoms with Crippen LogP contribution in [0.25, 0.3) is 0 Å². The lowest BCUT2D eigenvalue weighted by atomic mass is 9.64. The average Bonchev–Trinajstić information content (AvgIpc) is 1.81. The molecule has 12 heavy (non-hydrogen) atoms. The third-order valence-electron chi connectivity index (χ3n) is 3.27. The molecule has 0 aromatic carbocycles. The lowest BCUT2D eigenvalue weighted by Gasteiger charge is -2.50. The topological polar surface area (TPSA) is 9.23 Å². The quantitative estimate of drug-likeness (QED) is 0.573. The van der Waals surface area contributed by atoms with E-state index in [0.717, 1.165) is 10.5 Å². The van der Waals surface area contributed by atoms with Crippen LogP contribution in [0.2, 0.25) is 0 Å². The summed E-state index contributed by atoms with van der Waals surface area (Å²) in [6.45, 7) is 15.7. The van der Waals surface area contributed by atoms with Crippen molar-refractivity contribution in [2.45, 2.75) is 54.1 Å². The maximum absolute atomic E-state index is 5.81. The highest BCUT2D eigenvalue weighted by Crippen LogP contribution is 2.45. The maximum atomic E-state index is 5.81. The summed E-state index contributed by atoms with van der Waals surface area (Å²) in [5.41, 5.74) is 0.381. The van der Waals surface area contributed by atoms with E-state index >= 15 is 0 Å². The van der Waals surface area contributed by atoms with E-state index in [4.69, 9.17) is 4.43 Å². The summed E-state index contributed by atoms with van der Waals surface area (Å²) in [5.74, 6) is 0. The van der Waals surface area contributed by atoms with Gasteiger partial charge in [0.15, 0.2) is 0 Å². The van der Waals surface area contributed by atoms with Crippen LogP contribution in [-0.2, 0) is 4.43 Å². The van der Waals surface area contributed by atoms with E-state index < -0.39 is 0 Å². The lowest BCUT2D eigenvalue weighted by molar-refractivity contribution is -0.0954. The smallest absolute Gasteiger partial charge is 0.146 e. The molecule has 0 spiro atoms. The van der Waals surface area contributed by atoms with Crippen molar-refractivity contribution in [1.29, 1.82) is 0 Å². The summed E-state index contributed by atoms with van der Waals surface area (Å²) in [6.07, 6.45) is 0. The van der Waals surface area contributed by atoms with E-state index in [1.54, 1.807) is 0 Å². The number of rotatable bonds is 1. The van der Waals surface area contributed by atoms with Crippen molar-refractivity contribution in [1.82, 2.24) is 0 Å². The zero-order valence-electron chi connectivity index (χ0n) is 9.91. The van der Waals surface area contributed by atoms with Crippen LogP contribution in [0.5, 0.6) is 0 Å². The first-order chi connectivity index (χ1) is 5.06. The Morgan fingerprint density at radius 2 is 1.00 bits per heavy atom. The van der Waals surface area contributed by atoms with Crippen molar-refractivity contribution in [2.24, 2.45) is 10.8 Å². The van der Waals surface area contributed by atoms with Crippen molar-refractivity contribution >= 4 is 10.5 Å². The Kier molecular flexibility index (Phi) is 3.19. The van der Waals surface area contributed by atoms with Crippen LogP contribution in [0.1, 0.15) is 48.5 Å². The van der Waals surface area contributed by atoms with Crippen LogP contribution in [0.4, 0.5) is 0 Å². The Bertz CT molecular complexity index is 136. The van der Waals surface area contributed by atoms with Gasteiger partial charge >= 0.3 is 0 Å². The molecule has 0 saturated heterocycles. The van der Waals surface area contributed by atoms with Gasteiger partial charge in [-0.15, -0.1) is 0 Å². The van der Waals surface area contributed by atoms with Crippen molar-refractivity contribution in [3.8, 4) is 0 Å². The highest BCUT2D eigenvalue weighted by atomic mass is 28.2. The molecule has 0 atom stereocenters. The second-order valence-electron chi connectivity index (χ2n) is 5.74. The molecule has 0 unspecified atom stereocenters. The average molecular weight is 188 g/mol. The van der Waals surface area contributed by atoms with Gasteiger partial charge in [-0.2, -0.15) is 0 Å². The molecule has 0 N–H and O–H groups in total. The molecule has 0 bridgehead atoms. The summed E-state index contributed by atoms with van der Waals surface area (Å²) >= 11 is 0. The van der Waals surface area contributed by atoms with Gasteiger partial charge in [0.05, 0.1) is 5.60 Å². The molecule has 0 amide bonds. The van der Waals surface area contributed by atoms with Gasteiger partial charge in [-0.1, -0.05) is 41.5 Å². The van der Waals surface area contributed by atoms with Crippen LogP contribution in [-0.4, -0.2) is 16.1 Å². The van der Waals surface area contributed by atoms with Gasteiger partial charge in [0, 0.05) is 0 Å². The Balaban J connectivity index is 4.95. The molecule has 0 heterocycles. The molecular weight excluding hydrogens is 164 g/mol.